The minimum absolute atomic E-state index is 0.0588. The predicted molar refractivity (Wildman–Crippen MR) is 69.6 cm³/mol. The molecule has 0 bridgehead atoms. The van der Waals surface area contributed by atoms with E-state index >= 15 is 0 Å². The molecule has 1 rings (SSSR count). The Hall–Kier alpha value is -0.940. The average Bonchev–Trinajstić information content (AvgIpc) is 2.65. The van der Waals surface area contributed by atoms with Gasteiger partial charge in [0.2, 0.25) is 0 Å². The summed E-state index contributed by atoms with van der Waals surface area (Å²) in [7, 11) is 0. The Morgan fingerprint density at radius 2 is 2.00 bits per heavy atom. The van der Waals surface area contributed by atoms with Crippen molar-refractivity contribution in [1.29, 1.82) is 0 Å². The Morgan fingerprint density at radius 3 is 2.47 bits per heavy atom. The second-order valence-corrected chi connectivity index (χ2v) is 6.00. The lowest BCUT2D eigenvalue weighted by Gasteiger charge is -2.23. The Balaban J connectivity index is 2.40. The van der Waals surface area contributed by atoms with Crippen LogP contribution in [0.2, 0.25) is 0 Å². The third-order valence-electron chi connectivity index (χ3n) is 3.05. The van der Waals surface area contributed by atoms with Crippen LogP contribution in [0.25, 0.3) is 0 Å². The van der Waals surface area contributed by atoms with E-state index in [-0.39, 0.29) is 30.9 Å². The van der Waals surface area contributed by atoms with Crippen LogP contribution >= 0.6 is 0 Å². The van der Waals surface area contributed by atoms with Gasteiger partial charge in [0.15, 0.2) is 5.79 Å². The van der Waals surface area contributed by atoms with Gasteiger partial charge < -0.3 is 14.2 Å². The van der Waals surface area contributed by atoms with Gasteiger partial charge in [0.1, 0.15) is 18.5 Å². The topological polar surface area (TPSA) is 61.8 Å². The highest BCUT2D eigenvalue weighted by atomic mass is 16.7. The Kier molecular flexibility index (Phi) is 5.10. The highest BCUT2D eigenvalue weighted by Crippen LogP contribution is 2.26. The number of rotatable bonds is 6. The first kappa shape index (κ1) is 16.1. The van der Waals surface area contributed by atoms with Crippen LogP contribution < -0.4 is 0 Å². The molecule has 1 atom stereocenters. The summed E-state index contributed by atoms with van der Waals surface area (Å²) in [4.78, 5) is 23.4. The number of ether oxygens (including phenoxy) is 3. The van der Waals surface area contributed by atoms with Crippen LogP contribution in [0.1, 0.15) is 47.5 Å². The molecule has 0 radical (unpaired) electrons. The number of ketones is 1. The van der Waals surface area contributed by atoms with E-state index in [0.29, 0.717) is 13.0 Å². The first-order valence-electron chi connectivity index (χ1n) is 6.67. The van der Waals surface area contributed by atoms with Crippen molar-refractivity contribution in [1.82, 2.24) is 0 Å². The summed E-state index contributed by atoms with van der Waals surface area (Å²) in [6.45, 7) is 9.44. The summed E-state index contributed by atoms with van der Waals surface area (Å²) in [5.74, 6) is -0.934. The van der Waals surface area contributed by atoms with E-state index in [2.05, 4.69) is 0 Å². The van der Waals surface area contributed by atoms with E-state index in [1.165, 1.54) is 0 Å². The maximum absolute atomic E-state index is 12.0. The van der Waals surface area contributed by atoms with Crippen molar-refractivity contribution in [2.24, 2.45) is 5.41 Å². The molecule has 1 fully saturated rings. The number of carbonyl (C=O) groups is 2. The Bertz CT molecular complexity index is 346. The minimum Gasteiger partial charge on any atom is -0.462 e. The van der Waals surface area contributed by atoms with Gasteiger partial charge in [0, 0.05) is 12.8 Å². The van der Waals surface area contributed by atoms with Crippen LogP contribution in [0.4, 0.5) is 0 Å². The third-order valence-corrected chi connectivity index (χ3v) is 3.05. The van der Waals surface area contributed by atoms with E-state index in [4.69, 9.17) is 14.2 Å². The van der Waals surface area contributed by atoms with Crippen molar-refractivity contribution >= 4 is 11.8 Å². The normalized spacial score (nSPS) is 22.3. The summed E-state index contributed by atoms with van der Waals surface area (Å²) in [5, 5.41) is 0. The number of hydrogen-bond acceptors (Lipinski definition) is 5. The lowest BCUT2D eigenvalue weighted by Crippen LogP contribution is -2.32. The van der Waals surface area contributed by atoms with Crippen molar-refractivity contribution in [3.05, 3.63) is 0 Å². The van der Waals surface area contributed by atoms with Crippen molar-refractivity contribution in [3.8, 4) is 0 Å². The van der Waals surface area contributed by atoms with E-state index in [0.717, 1.165) is 0 Å². The maximum Gasteiger partial charge on any atom is 0.312 e. The summed E-state index contributed by atoms with van der Waals surface area (Å²) >= 11 is 0. The highest BCUT2D eigenvalue weighted by molar-refractivity contribution is 5.86. The van der Waals surface area contributed by atoms with Crippen molar-refractivity contribution in [2.45, 2.75) is 59.4 Å². The fourth-order valence-electron chi connectivity index (χ4n) is 1.90. The number of carbonyl (C=O) groups excluding carboxylic acids is 2. The van der Waals surface area contributed by atoms with E-state index in [1.54, 1.807) is 20.8 Å². The second-order valence-electron chi connectivity index (χ2n) is 6.00. The first-order chi connectivity index (χ1) is 8.66. The summed E-state index contributed by atoms with van der Waals surface area (Å²) in [6.07, 6.45) is 0.400. The van der Waals surface area contributed by atoms with Gasteiger partial charge in [-0.25, -0.2) is 0 Å². The quantitative estimate of drug-likeness (QED) is 0.693. The molecule has 1 aliphatic rings. The maximum atomic E-state index is 12.0. The monoisotopic (exact) mass is 272 g/mol. The molecular weight excluding hydrogens is 248 g/mol. The van der Waals surface area contributed by atoms with Gasteiger partial charge in [-0.15, -0.1) is 0 Å². The van der Waals surface area contributed by atoms with Gasteiger partial charge in [0.05, 0.1) is 12.0 Å². The zero-order valence-electron chi connectivity index (χ0n) is 12.4. The molecule has 1 saturated heterocycles. The van der Waals surface area contributed by atoms with Gasteiger partial charge in [-0.2, -0.15) is 0 Å². The summed E-state index contributed by atoms with van der Waals surface area (Å²) < 4.78 is 16.2. The molecule has 5 heteroatoms. The number of esters is 1. The second kappa shape index (κ2) is 6.01. The van der Waals surface area contributed by atoms with Crippen LogP contribution in [-0.2, 0) is 23.8 Å². The van der Waals surface area contributed by atoms with Crippen LogP contribution in [0, 0.1) is 5.41 Å². The lowest BCUT2D eigenvalue weighted by molar-refractivity contribution is -0.166. The zero-order chi connectivity index (χ0) is 14.7. The number of Topliss-reactive ketones (excluding diaryl/α,β-unsaturated/α-hetero) is 1. The van der Waals surface area contributed by atoms with E-state index in [1.807, 2.05) is 13.8 Å². The van der Waals surface area contributed by atoms with Gasteiger partial charge in [-0.1, -0.05) is 6.92 Å². The molecule has 0 saturated carbocycles. The lowest BCUT2D eigenvalue weighted by atomic mass is 9.87. The average molecular weight is 272 g/mol. The summed E-state index contributed by atoms with van der Waals surface area (Å²) in [6, 6.07) is 0. The van der Waals surface area contributed by atoms with E-state index < -0.39 is 11.2 Å². The summed E-state index contributed by atoms with van der Waals surface area (Å²) in [5.41, 5.74) is -0.790. The number of hydrogen-bond donors (Lipinski definition) is 0. The van der Waals surface area contributed by atoms with Crippen molar-refractivity contribution in [2.75, 3.05) is 13.2 Å². The molecule has 0 spiro atoms. The van der Waals surface area contributed by atoms with Crippen molar-refractivity contribution < 1.29 is 23.8 Å². The SMILES string of the molecule is CCC(=O)CC(C)(C)C(=O)OCC1COC(C)(C)O1. The molecule has 1 unspecified atom stereocenters. The van der Waals surface area contributed by atoms with Gasteiger partial charge in [0.25, 0.3) is 0 Å². The molecular formula is C14H24O5. The fraction of sp³-hybridized carbons (Fsp3) is 0.857. The molecule has 0 aromatic rings. The van der Waals surface area contributed by atoms with E-state index in [9.17, 15) is 9.59 Å². The molecule has 1 heterocycles. The minimum atomic E-state index is -0.790. The van der Waals surface area contributed by atoms with Crippen molar-refractivity contribution in [3.63, 3.8) is 0 Å². The first-order valence-corrected chi connectivity index (χ1v) is 6.67. The van der Waals surface area contributed by atoms with Crippen LogP contribution in [0.15, 0.2) is 0 Å². The Morgan fingerprint density at radius 1 is 1.37 bits per heavy atom. The third kappa shape index (κ3) is 4.91. The Labute approximate surface area is 114 Å². The standard InChI is InChI=1S/C14H24O5/c1-6-10(15)7-13(2,3)12(16)17-8-11-9-18-14(4,5)19-11/h11H,6-9H2,1-5H3. The molecule has 0 aliphatic carbocycles. The van der Waals surface area contributed by atoms with Gasteiger partial charge in [-0.3, -0.25) is 9.59 Å². The highest BCUT2D eigenvalue weighted by Gasteiger charge is 2.36. The van der Waals surface area contributed by atoms with Gasteiger partial charge in [-0.05, 0) is 27.7 Å². The molecule has 5 nitrogen and oxygen atoms in total. The van der Waals surface area contributed by atoms with Crippen LogP contribution in [-0.4, -0.2) is 36.9 Å². The molecule has 0 N–H and O–H groups in total. The zero-order valence-corrected chi connectivity index (χ0v) is 12.4. The smallest absolute Gasteiger partial charge is 0.312 e. The fourth-order valence-corrected chi connectivity index (χ4v) is 1.90. The molecule has 0 aromatic carbocycles. The van der Waals surface area contributed by atoms with Crippen LogP contribution in [0.5, 0.6) is 0 Å². The molecule has 0 aromatic heterocycles. The van der Waals surface area contributed by atoms with Crippen LogP contribution in [0.3, 0.4) is 0 Å². The molecule has 110 valence electrons. The molecule has 0 amide bonds. The molecule has 1 aliphatic heterocycles. The van der Waals surface area contributed by atoms with Gasteiger partial charge >= 0.3 is 5.97 Å². The molecule has 19 heavy (non-hydrogen) atoms. The predicted octanol–water partition coefficient (Wildman–Crippen LogP) is 2.08. The largest absolute Gasteiger partial charge is 0.462 e.